The average Bonchev–Trinajstić information content (AvgIpc) is 2.43. The van der Waals surface area contributed by atoms with Gasteiger partial charge in [-0.15, -0.1) is 0 Å². The van der Waals surface area contributed by atoms with Crippen LogP contribution in [0.3, 0.4) is 0 Å². The number of nitrogens with zero attached hydrogens (tertiary/aromatic N) is 2. The normalized spacial score (nSPS) is 22.6. The smallest absolute Gasteiger partial charge is 0.243 e. The Morgan fingerprint density at radius 1 is 1.53 bits per heavy atom. The number of piperazine rings is 1. The first-order valence-electron chi connectivity index (χ1n) is 6.25. The van der Waals surface area contributed by atoms with Gasteiger partial charge in [-0.05, 0) is 19.1 Å². The van der Waals surface area contributed by atoms with Crippen LogP contribution in [-0.4, -0.2) is 31.6 Å². The topological polar surface area (TPSA) is 65.4 Å². The lowest BCUT2D eigenvalue weighted by Crippen LogP contribution is -2.59. The minimum absolute atomic E-state index is 0.106. The third-order valence-electron chi connectivity index (χ3n) is 3.33. The molecular weight excluding hydrogens is 242 g/mol. The van der Waals surface area contributed by atoms with Crippen LogP contribution < -0.4 is 15.0 Å². The van der Waals surface area contributed by atoms with E-state index in [2.05, 4.69) is 11.4 Å². The van der Waals surface area contributed by atoms with Gasteiger partial charge in [-0.3, -0.25) is 4.79 Å². The minimum Gasteiger partial charge on any atom is -0.495 e. The molecule has 1 amide bonds. The number of carbonyl (C=O) groups is 1. The van der Waals surface area contributed by atoms with Gasteiger partial charge in [0.2, 0.25) is 5.91 Å². The van der Waals surface area contributed by atoms with E-state index in [0.29, 0.717) is 12.3 Å². The van der Waals surface area contributed by atoms with Crippen molar-refractivity contribution >= 4 is 11.6 Å². The maximum absolute atomic E-state index is 12.0. The van der Waals surface area contributed by atoms with Crippen LogP contribution in [-0.2, 0) is 4.79 Å². The summed E-state index contributed by atoms with van der Waals surface area (Å²) in [6.45, 7) is 2.59. The first-order chi connectivity index (χ1) is 9.19. The SMILES string of the molecule is COc1ccccc1N1C(C)CNC(=O)C1CC#N. The fourth-order valence-corrected chi connectivity index (χ4v) is 2.42. The van der Waals surface area contributed by atoms with Crippen LogP contribution in [0.4, 0.5) is 5.69 Å². The lowest BCUT2D eigenvalue weighted by molar-refractivity contribution is -0.123. The van der Waals surface area contributed by atoms with Crippen molar-refractivity contribution in [1.29, 1.82) is 5.26 Å². The summed E-state index contributed by atoms with van der Waals surface area (Å²) < 4.78 is 5.35. The predicted octanol–water partition coefficient (Wildman–Crippen LogP) is 1.30. The number of para-hydroxylation sites is 2. The standard InChI is InChI=1S/C14H17N3O2/c1-10-9-16-14(18)12(7-8-15)17(10)11-5-3-4-6-13(11)19-2/h3-6,10,12H,7,9H2,1-2H3,(H,16,18). The number of amides is 1. The first kappa shape index (κ1) is 13.2. The Balaban J connectivity index is 2.42. The highest BCUT2D eigenvalue weighted by molar-refractivity contribution is 5.87. The summed E-state index contributed by atoms with van der Waals surface area (Å²) in [5.41, 5.74) is 0.854. The number of nitriles is 1. The highest BCUT2D eigenvalue weighted by Gasteiger charge is 2.35. The summed E-state index contributed by atoms with van der Waals surface area (Å²) in [4.78, 5) is 13.9. The molecule has 1 fully saturated rings. The Kier molecular flexibility index (Phi) is 3.91. The molecule has 5 nitrogen and oxygen atoms in total. The number of methoxy groups -OCH3 is 1. The lowest BCUT2D eigenvalue weighted by Gasteiger charge is -2.41. The molecule has 1 aliphatic rings. The number of hydrogen-bond acceptors (Lipinski definition) is 4. The van der Waals surface area contributed by atoms with Gasteiger partial charge in [0.25, 0.3) is 0 Å². The molecule has 2 atom stereocenters. The van der Waals surface area contributed by atoms with Crippen molar-refractivity contribution in [3.8, 4) is 11.8 Å². The number of rotatable bonds is 3. The van der Waals surface area contributed by atoms with E-state index in [9.17, 15) is 4.79 Å². The maximum atomic E-state index is 12.0. The molecule has 1 aromatic rings. The first-order valence-corrected chi connectivity index (χ1v) is 6.25. The molecule has 100 valence electrons. The molecule has 5 heteroatoms. The van der Waals surface area contributed by atoms with Crippen molar-refractivity contribution in [3.05, 3.63) is 24.3 Å². The zero-order chi connectivity index (χ0) is 13.8. The molecule has 0 bridgehead atoms. The van der Waals surface area contributed by atoms with E-state index < -0.39 is 6.04 Å². The molecule has 1 heterocycles. The monoisotopic (exact) mass is 259 g/mol. The Morgan fingerprint density at radius 2 is 2.26 bits per heavy atom. The molecule has 1 aliphatic heterocycles. The summed E-state index contributed by atoms with van der Waals surface area (Å²) in [6, 6.07) is 9.30. The van der Waals surface area contributed by atoms with E-state index >= 15 is 0 Å². The number of benzene rings is 1. The zero-order valence-electron chi connectivity index (χ0n) is 11.1. The van der Waals surface area contributed by atoms with Gasteiger partial charge in [-0.25, -0.2) is 0 Å². The molecule has 0 radical (unpaired) electrons. The number of nitrogens with one attached hydrogen (secondary N) is 1. The molecular formula is C14H17N3O2. The third-order valence-corrected chi connectivity index (χ3v) is 3.33. The third kappa shape index (κ3) is 2.48. The van der Waals surface area contributed by atoms with Gasteiger partial charge in [-0.2, -0.15) is 5.26 Å². The Bertz CT molecular complexity index is 510. The molecule has 0 spiro atoms. The van der Waals surface area contributed by atoms with Crippen molar-refractivity contribution in [2.45, 2.75) is 25.4 Å². The predicted molar refractivity (Wildman–Crippen MR) is 72.0 cm³/mol. The molecule has 2 rings (SSSR count). The highest BCUT2D eigenvalue weighted by atomic mass is 16.5. The summed E-state index contributed by atoms with van der Waals surface area (Å²) in [5, 5.41) is 11.8. The average molecular weight is 259 g/mol. The second-order valence-corrected chi connectivity index (χ2v) is 4.55. The largest absolute Gasteiger partial charge is 0.495 e. The van der Waals surface area contributed by atoms with Crippen LogP contribution in [0, 0.1) is 11.3 Å². The summed E-state index contributed by atoms with van der Waals surface area (Å²) >= 11 is 0. The number of ether oxygens (including phenoxy) is 1. The van der Waals surface area contributed by atoms with E-state index in [1.807, 2.05) is 36.1 Å². The summed E-state index contributed by atoms with van der Waals surface area (Å²) in [7, 11) is 1.60. The van der Waals surface area contributed by atoms with Crippen LogP contribution in [0.2, 0.25) is 0 Å². The number of hydrogen-bond donors (Lipinski definition) is 1. The van der Waals surface area contributed by atoms with E-state index in [-0.39, 0.29) is 18.4 Å². The fraction of sp³-hybridized carbons (Fsp3) is 0.429. The van der Waals surface area contributed by atoms with Crippen molar-refractivity contribution in [1.82, 2.24) is 5.32 Å². The lowest BCUT2D eigenvalue weighted by atomic mass is 10.0. The van der Waals surface area contributed by atoms with Crippen molar-refractivity contribution in [2.75, 3.05) is 18.6 Å². The molecule has 0 saturated carbocycles. The Morgan fingerprint density at radius 3 is 2.95 bits per heavy atom. The Hall–Kier alpha value is -2.22. The molecule has 0 aliphatic carbocycles. The van der Waals surface area contributed by atoms with Gasteiger partial charge >= 0.3 is 0 Å². The molecule has 1 saturated heterocycles. The fourth-order valence-electron chi connectivity index (χ4n) is 2.42. The van der Waals surface area contributed by atoms with Crippen molar-refractivity contribution in [2.24, 2.45) is 0 Å². The summed E-state index contributed by atoms with van der Waals surface area (Å²) in [5.74, 6) is 0.609. The molecule has 1 aromatic carbocycles. The second kappa shape index (κ2) is 5.61. The van der Waals surface area contributed by atoms with Crippen LogP contribution in [0.5, 0.6) is 5.75 Å². The second-order valence-electron chi connectivity index (χ2n) is 4.55. The van der Waals surface area contributed by atoms with Crippen LogP contribution >= 0.6 is 0 Å². The van der Waals surface area contributed by atoms with Crippen molar-refractivity contribution < 1.29 is 9.53 Å². The minimum atomic E-state index is -0.468. The maximum Gasteiger partial charge on any atom is 0.243 e. The molecule has 19 heavy (non-hydrogen) atoms. The molecule has 0 aromatic heterocycles. The van der Waals surface area contributed by atoms with Gasteiger partial charge in [0.15, 0.2) is 0 Å². The quantitative estimate of drug-likeness (QED) is 0.888. The van der Waals surface area contributed by atoms with Crippen LogP contribution in [0.25, 0.3) is 0 Å². The van der Waals surface area contributed by atoms with Gasteiger partial charge in [-0.1, -0.05) is 12.1 Å². The van der Waals surface area contributed by atoms with E-state index in [1.54, 1.807) is 7.11 Å². The zero-order valence-corrected chi connectivity index (χ0v) is 11.1. The van der Waals surface area contributed by atoms with Gasteiger partial charge < -0.3 is 15.0 Å². The summed E-state index contributed by atoms with van der Waals surface area (Å²) in [6.07, 6.45) is 0.161. The van der Waals surface area contributed by atoms with Crippen LogP contribution in [0.15, 0.2) is 24.3 Å². The number of carbonyl (C=O) groups excluding carboxylic acids is 1. The number of anilines is 1. The molecule has 2 unspecified atom stereocenters. The van der Waals surface area contributed by atoms with Gasteiger partial charge in [0.1, 0.15) is 11.8 Å². The van der Waals surface area contributed by atoms with Crippen LogP contribution in [0.1, 0.15) is 13.3 Å². The van der Waals surface area contributed by atoms with E-state index in [4.69, 9.17) is 10.00 Å². The van der Waals surface area contributed by atoms with E-state index in [1.165, 1.54) is 0 Å². The van der Waals surface area contributed by atoms with Gasteiger partial charge in [0.05, 0.1) is 25.3 Å². The van der Waals surface area contributed by atoms with Crippen molar-refractivity contribution in [3.63, 3.8) is 0 Å². The van der Waals surface area contributed by atoms with E-state index in [0.717, 1.165) is 5.69 Å². The highest BCUT2D eigenvalue weighted by Crippen LogP contribution is 2.32. The van der Waals surface area contributed by atoms with Gasteiger partial charge in [0, 0.05) is 12.6 Å². The Labute approximate surface area is 112 Å². The molecule has 1 N–H and O–H groups in total.